The number of amides is 1. The highest BCUT2D eigenvalue weighted by molar-refractivity contribution is 8.19. The fraction of sp³-hybridized carbons (Fsp3) is 0.238. The molecule has 1 atom stereocenters. The Bertz CT molecular complexity index is 951. The Morgan fingerprint density at radius 2 is 1.82 bits per heavy atom. The number of hydrogen-bond donors (Lipinski definition) is 1. The second kappa shape index (κ2) is 8.64. The topological polar surface area (TPSA) is 46.9 Å². The van der Waals surface area contributed by atoms with Crippen molar-refractivity contribution in [3.63, 3.8) is 0 Å². The number of halogens is 1. The van der Waals surface area contributed by atoms with Crippen LogP contribution in [0.2, 0.25) is 5.02 Å². The molecule has 2 aromatic carbocycles. The van der Waals surface area contributed by atoms with Crippen LogP contribution >= 0.6 is 35.1 Å². The molecule has 28 heavy (non-hydrogen) atoms. The van der Waals surface area contributed by atoms with Crippen molar-refractivity contribution in [3.8, 4) is 0 Å². The SMILES string of the molecule is Cn1ccnc1[C@@H](NC(=O)c1ccc(C2SCCS2)cc1)c1ccc(Cl)cc1. The lowest BCUT2D eigenvalue weighted by atomic mass is 10.0. The van der Waals surface area contributed by atoms with Crippen LogP contribution < -0.4 is 5.32 Å². The standard InChI is InChI=1S/C21H20ClN3OS2/c1-25-11-10-23-19(25)18(14-6-8-17(22)9-7-14)24-20(26)15-2-4-16(5-3-15)21-27-12-13-28-21/h2-11,18,21H,12-13H2,1H3,(H,24,26)/t18-/m0/s1. The van der Waals surface area contributed by atoms with Crippen molar-refractivity contribution >= 4 is 41.0 Å². The number of hydrogen-bond acceptors (Lipinski definition) is 4. The van der Waals surface area contributed by atoms with E-state index >= 15 is 0 Å². The van der Waals surface area contributed by atoms with Crippen molar-refractivity contribution in [3.05, 3.63) is 88.5 Å². The lowest BCUT2D eigenvalue weighted by Crippen LogP contribution is -2.31. The molecule has 1 aliphatic heterocycles. The van der Waals surface area contributed by atoms with Crippen molar-refractivity contribution in [2.24, 2.45) is 7.05 Å². The Kier molecular flexibility index (Phi) is 5.99. The maximum Gasteiger partial charge on any atom is 0.252 e. The lowest BCUT2D eigenvalue weighted by Gasteiger charge is -2.19. The van der Waals surface area contributed by atoms with Crippen LogP contribution in [0.15, 0.2) is 60.9 Å². The number of thioether (sulfide) groups is 2. The van der Waals surface area contributed by atoms with Gasteiger partial charge in [0.2, 0.25) is 0 Å². The number of imidazole rings is 1. The van der Waals surface area contributed by atoms with Crippen LogP contribution in [-0.4, -0.2) is 27.0 Å². The molecular weight excluding hydrogens is 410 g/mol. The summed E-state index contributed by atoms with van der Waals surface area (Å²) in [6.07, 6.45) is 3.60. The zero-order chi connectivity index (χ0) is 19.5. The zero-order valence-corrected chi connectivity index (χ0v) is 17.7. The molecule has 0 aliphatic carbocycles. The van der Waals surface area contributed by atoms with Gasteiger partial charge < -0.3 is 9.88 Å². The van der Waals surface area contributed by atoms with Gasteiger partial charge in [-0.15, -0.1) is 23.5 Å². The molecule has 1 aromatic heterocycles. The van der Waals surface area contributed by atoms with Gasteiger partial charge in [-0.1, -0.05) is 35.9 Å². The lowest BCUT2D eigenvalue weighted by molar-refractivity contribution is 0.0941. The van der Waals surface area contributed by atoms with Crippen LogP contribution in [0, 0.1) is 0 Å². The van der Waals surface area contributed by atoms with Crippen LogP contribution in [0.5, 0.6) is 0 Å². The average Bonchev–Trinajstić information content (AvgIpc) is 3.39. The molecule has 1 N–H and O–H groups in total. The molecule has 3 aromatic rings. The van der Waals surface area contributed by atoms with Gasteiger partial charge in [-0.3, -0.25) is 4.79 Å². The minimum absolute atomic E-state index is 0.124. The van der Waals surface area contributed by atoms with E-state index in [0.717, 1.165) is 11.4 Å². The number of aryl methyl sites for hydroxylation is 1. The predicted molar refractivity (Wildman–Crippen MR) is 118 cm³/mol. The van der Waals surface area contributed by atoms with Crippen molar-refractivity contribution in [1.82, 2.24) is 14.9 Å². The first-order chi connectivity index (χ1) is 13.6. The van der Waals surface area contributed by atoms with Crippen LogP contribution in [0.1, 0.15) is 37.9 Å². The van der Waals surface area contributed by atoms with Crippen LogP contribution in [0.3, 0.4) is 0 Å². The van der Waals surface area contributed by atoms with E-state index in [4.69, 9.17) is 11.6 Å². The molecule has 1 amide bonds. The normalized spacial score (nSPS) is 15.5. The van der Waals surface area contributed by atoms with E-state index in [-0.39, 0.29) is 11.9 Å². The van der Waals surface area contributed by atoms with Crippen LogP contribution in [0.25, 0.3) is 0 Å². The third-order valence-electron chi connectivity index (χ3n) is 4.66. The molecule has 7 heteroatoms. The average molecular weight is 430 g/mol. The number of rotatable bonds is 5. The van der Waals surface area contributed by atoms with Gasteiger partial charge in [-0.05, 0) is 35.4 Å². The molecule has 2 heterocycles. The highest BCUT2D eigenvalue weighted by Crippen LogP contribution is 2.45. The fourth-order valence-electron chi connectivity index (χ4n) is 3.16. The van der Waals surface area contributed by atoms with E-state index < -0.39 is 0 Å². The van der Waals surface area contributed by atoms with Gasteiger partial charge in [-0.2, -0.15) is 0 Å². The second-order valence-electron chi connectivity index (χ2n) is 6.55. The van der Waals surface area contributed by atoms with Crippen molar-refractivity contribution in [2.75, 3.05) is 11.5 Å². The highest BCUT2D eigenvalue weighted by Gasteiger charge is 2.22. The van der Waals surface area contributed by atoms with E-state index in [1.807, 2.05) is 77.7 Å². The number of carbonyl (C=O) groups excluding carboxylic acids is 1. The van der Waals surface area contributed by atoms with Gasteiger partial charge in [0.05, 0.1) is 4.58 Å². The van der Waals surface area contributed by atoms with Gasteiger partial charge in [-0.25, -0.2) is 4.98 Å². The van der Waals surface area contributed by atoms with E-state index in [1.54, 1.807) is 6.20 Å². The summed E-state index contributed by atoms with van der Waals surface area (Å²) >= 11 is 9.95. The second-order valence-corrected chi connectivity index (χ2v) is 9.71. The van der Waals surface area contributed by atoms with Gasteiger partial charge >= 0.3 is 0 Å². The molecule has 1 fully saturated rings. The number of aromatic nitrogens is 2. The first-order valence-corrected chi connectivity index (χ1v) is 11.5. The molecule has 0 spiro atoms. The van der Waals surface area contributed by atoms with Crippen LogP contribution in [0.4, 0.5) is 0 Å². The fourth-order valence-corrected chi connectivity index (χ4v) is 6.15. The minimum atomic E-state index is -0.356. The monoisotopic (exact) mass is 429 g/mol. The summed E-state index contributed by atoms with van der Waals surface area (Å²) in [5, 5.41) is 3.78. The van der Waals surface area contributed by atoms with Crippen molar-refractivity contribution in [2.45, 2.75) is 10.6 Å². The molecule has 0 saturated carbocycles. The smallest absolute Gasteiger partial charge is 0.252 e. The maximum absolute atomic E-state index is 12.9. The van der Waals surface area contributed by atoms with Crippen molar-refractivity contribution < 1.29 is 4.79 Å². The van der Waals surface area contributed by atoms with E-state index in [9.17, 15) is 4.79 Å². The van der Waals surface area contributed by atoms with E-state index in [2.05, 4.69) is 22.4 Å². The van der Waals surface area contributed by atoms with E-state index in [1.165, 1.54) is 17.1 Å². The zero-order valence-electron chi connectivity index (χ0n) is 15.3. The largest absolute Gasteiger partial charge is 0.338 e. The summed E-state index contributed by atoms with van der Waals surface area (Å²) in [4.78, 5) is 17.4. The number of benzene rings is 2. The number of carbonyl (C=O) groups is 1. The molecular formula is C21H20ClN3OS2. The Hall–Kier alpha value is -1.89. The molecule has 1 saturated heterocycles. The molecule has 1 aliphatic rings. The predicted octanol–water partition coefficient (Wildman–Crippen LogP) is 5.07. The summed E-state index contributed by atoms with van der Waals surface area (Å²) in [6.45, 7) is 0. The molecule has 4 nitrogen and oxygen atoms in total. The summed E-state index contributed by atoms with van der Waals surface area (Å²) < 4.78 is 2.39. The summed E-state index contributed by atoms with van der Waals surface area (Å²) in [5.41, 5.74) is 2.84. The highest BCUT2D eigenvalue weighted by atomic mass is 35.5. The maximum atomic E-state index is 12.9. The van der Waals surface area contributed by atoms with Gasteiger partial charge in [0.15, 0.2) is 0 Å². The molecule has 0 bridgehead atoms. The Morgan fingerprint density at radius 3 is 2.43 bits per heavy atom. The van der Waals surface area contributed by atoms with Gasteiger partial charge in [0, 0.05) is 41.5 Å². The first kappa shape index (κ1) is 19.4. The Morgan fingerprint density at radius 1 is 1.14 bits per heavy atom. The summed E-state index contributed by atoms with van der Waals surface area (Å²) in [6, 6.07) is 15.1. The number of nitrogens with one attached hydrogen (secondary N) is 1. The summed E-state index contributed by atoms with van der Waals surface area (Å²) in [5.74, 6) is 3.01. The Balaban J connectivity index is 1.57. The first-order valence-electron chi connectivity index (χ1n) is 8.98. The number of nitrogens with zero attached hydrogens (tertiary/aromatic N) is 2. The van der Waals surface area contributed by atoms with Gasteiger partial charge in [0.25, 0.3) is 5.91 Å². The molecule has 0 unspecified atom stereocenters. The van der Waals surface area contributed by atoms with Crippen molar-refractivity contribution in [1.29, 1.82) is 0 Å². The molecule has 144 valence electrons. The third kappa shape index (κ3) is 4.24. The summed E-state index contributed by atoms with van der Waals surface area (Å²) in [7, 11) is 1.92. The molecule has 4 rings (SSSR count). The Labute approximate surface area is 178 Å². The quantitative estimate of drug-likeness (QED) is 0.615. The third-order valence-corrected chi connectivity index (χ3v) is 8.02. The van der Waals surface area contributed by atoms with E-state index in [0.29, 0.717) is 15.2 Å². The van der Waals surface area contributed by atoms with Gasteiger partial charge in [0.1, 0.15) is 11.9 Å². The molecule has 0 radical (unpaired) electrons. The van der Waals surface area contributed by atoms with Crippen LogP contribution in [-0.2, 0) is 7.05 Å². The minimum Gasteiger partial charge on any atom is -0.338 e.